The molecule has 0 amide bonds. The maximum atomic E-state index is 4.65. The number of aryl methyl sites for hydroxylation is 1. The summed E-state index contributed by atoms with van der Waals surface area (Å²) < 4.78 is 0. The van der Waals surface area contributed by atoms with Crippen molar-refractivity contribution in [3.05, 3.63) is 41.5 Å². The molecular formula is C15H21N5. The number of nitrogens with one attached hydrogen (secondary N) is 1. The normalized spacial score (nSPS) is 10.4. The molecule has 2 aromatic heterocycles. The molecule has 5 heteroatoms. The van der Waals surface area contributed by atoms with Crippen LogP contribution in [0.25, 0.3) is 0 Å². The van der Waals surface area contributed by atoms with E-state index >= 15 is 0 Å². The van der Waals surface area contributed by atoms with Gasteiger partial charge in [-0.15, -0.1) is 0 Å². The van der Waals surface area contributed by atoms with Crippen molar-refractivity contribution < 1.29 is 0 Å². The van der Waals surface area contributed by atoms with Crippen LogP contribution >= 0.6 is 0 Å². The first-order valence-corrected chi connectivity index (χ1v) is 6.81. The fraction of sp³-hybridized carbons (Fsp3) is 0.400. The summed E-state index contributed by atoms with van der Waals surface area (Å²) in [7, 11) is 3.93. The van der Waals surface area contributed by atoms with E-state index < -0.39 is 0 Å². The molecule has 2 rings (SSSR count). The number of nitrogens with zero attached hydrogens (tertiary/aromatic N) is 4. The zero-order valence-electron chi connectivity index (χ0n) is 12.5. The molecule has 0 radical (unpaired) electrons. The van der Waals surface area contributed by atoms with E-state index in [1.165, 1.54) is 0 Å². The summed E-state index contributed by atoms with van der Waals surface area (Å²) in [6, 6.07) is 4.02. The molecule has 0 aliphatic carbocycles. The van der Waals surface area contributed by atoms with Crippen molar-refractivity contribution in [1.82, 2.24) is 15.0 Å². The minimum atomic E-state index is 0.776. The summed E-state index contributed by atoms with van der Waals surface area (Å²) in [5.41, 5.74) is 2.23. The van der Waals surface area contributed by atoms with Crippen molar-refractivity contribution >= 4 is 11.6 Å². The number of anilines is 2. The number of pyridine rings is 1. The molecule has 0 atom stereocenters. The molecule has 20 heavy (non-hydrogen) atoms. The summed E-state index contributed by atoms with van der Waals surface area (Å²) >= 11 is 0. The van der Waals surface area contributed by atoms with Crippen molar-refractivity contribution in [3.8, 4) is 0 Å². The van der Waals surface area contributed by atoms with Gasteiger partial charge in [-0.05, 0) is 18.6 Å². The smallest absolute Gasteiger partial charge is 0.137 e. The van der Waals surface area contributed by atoms with Crippen molar-refractivity contribution in [2.24, 2.45) is 0 Å². The highest BCUT2D eigenvalue weighted by Gasteiger charge is 2.13. The van der Waals surface area contributed by atoms with Crippen molar-refractivity contribution in [2.45, 2.75) is 26.8 Å². The molecule has 1 N–H and O–H groups in total. The Balaban J connectivity index is 2.31. The molecule has 0 fully saturated rings. The SMILES string of the molecule is CCc1nc(NC)c(C)c(N(C)Cc2cccnc2)n1. The van der Waals surface area contributed by atoms with Crippen LogP contribution in [0.4, 0.5) is 11.6 Å². The Morgan fingerprint density at radius 1 is 1.30 bits per heavy atom. The van der Waals surface area contributed by atoms with Crippen molar-refractivity contribution in [3.63, 3.8) is 0 Å². The van der Waals surface area contributed by atoms with Gasteiger partial charge in [0, 0.05) is 45.0 Å². The van der Waals surface area contributed by atoms with Gasteiger partial charge in [0.25, 0.3) is 0 Å². The van der Waals surface area contributed by atoms with Gasteiger partial charge in [0.1, 0.15) is 17.5 Å². The van der Waals surface area contributed by atoms with E-state index in [-0.39, 0.29) is 0 Å². The van der Waals surface area contributed by atoms with Crippen LogP contribution in [0, 0.1) is 6.92 Å². The van der Waals surface area contributed by atoms with Gasteiger partial charge in [0.05, 0.1) is 0 Å². The van der Waals surface area contributed by atoms with Gasteiger partial charge in [0.15, 0.2) is 0 Å². The first-order chi connectivity index (χ1) is 9.65. The highest BCUT2D eigenvalue weighted by atomic mass is 15.2. The van der Waals surface area contributed by atoms with E-state index in [1.807, 2.05) is 33.3 Å². The van der Waals surface area contributed by atoms with Gasteiger partial charge in [-0.1, -0.05) is 13.0 Å². The molecule has 2 heterocycles. The van der Waals surface area contributed by atoms with Crippen LogP contribution in [0.2, 0.25) is 0 Å². The standard InChI is InChI=1S/C15H21N5/c1-5-13-18-14(16-3)11(2)15(19-13)20(4)10-12-7-6-8-17-9-12/h6-9H,5,10H2,1-4H3,(H,16,18,19). The van der Waals surface area contributed by atoms with Crippen LogP contribution in [-0.4, -0.2) is 29.0 Å². The van der Waals surface area contributed by atoms with Gasteiger partial charge in [-0.3, -0.25) is 4.98 Å². The molecule has 106 valence electrons. The maximum Gasteiger partial charge on any atom is 0.137 e. The second kappa shape index (κ2) is 6.32. The number of hydrogen-bond acceptors (Lipinski definition) is 5. The van der Waals surface area contributed by atoms with Crippen LogP contribution in [0.15, 0.2) is 24.5 Å². The van der Waals surface area contributed by atoms with Crippen LogP contribution in [0.1, 0.15) is 23.9 Å². The van der Waals surface area contributed by atoms with Gasteiger partial charge >= 0.3 is 0 Å². The topological polar surface area (TPSA) is 53.9 Å². The molecule has 2 aromatic rings. The lowest BCUT2D eigenvalue weighted by Gasteiger charge is -2.22. The average molecular weight is 271 g/mol. The Labute approximate surface area is 120 Å². The minimum Gasteiger partial charge on any atom is -0.373 e. The molecule has 0 aliphatic rings. The lowest BCUT2D eigenvalue weighted by Crippen LogP contribution is -2.20. The summed E-state index contributed by atoms with van der Waals surface area (Å²) in [6.07, 6.45) is 4.49. The summed E-state index contributed by atoms with van der Waals surface area (Å²) in [6.45, 7) is 4.88. The van der Waals surface area contributed by atoms with Crippen LogP contribution in [-0.2, 0) is 13.0 Å². The summed E-state index contributed by atoms with van der Waals surface area (Å²) in [5, 5.41) is 3.14. The highest BCUT2D eigenvalue weighted by Crippen LogP contribution is 2.23. The van der Waals surface area contributed by atoms with E-state index in [9.17, 15) is 0 Å². The summed E-state index contributed by atoms with van der Waals surface area (Å²) in [5.74, 6) is 2.71. The van der Waals surface area contributed by atoms with Gasteiger partial charge in [-0.25, -0.2) is 9.97 Å². The lowest BCUT2D eigenvalue weighted by molar-refractivity contribution is 0.848. The van der Waals surface area contributed by atoms with E-state index in [0.29, 0.717) is 0 Å². The maximum absolute atomic E-state index is 4.65. The molecule has 0 saturated carbocycles. The predicted octanol–water partition coefficient (Wildman–Crippen LogP) is 2.42. The van der Waals surface area contributed by atoms with Gasteiger partial charge in [0.2, 0.25) is 0 Å². The Morgan fingerprint density at radius 3 is 2.70 bits per heavy atom. The monoisotopic (exact) mass is 271 g/mol. The summed E-state index contributed by atoms with van der Waals surface area (Å²) in [4.78, 5) is 15.4. The van der Waals surface area contributed by atoms with Crippen LogP contribution < -0.4 is 10.2 Å². The zero-order valence-corrected chi connectivity index (χ0v) is 12.5. The molecule has 5 nitrogen and oxygen atoms in total. The Kier molecular flexibility index (Phi) is 4.50. The van der Waals surface area contributed by atoms with Crippen molar-refractivity contribution in [1.29, 1.82) is 0 Å². The minimum absolute atomic E-state index is 0.776. The Morgan fingerprint density at radius 2 is 2.10 bits per heavy atom. The Bertz CT molecular complexity index is 568. The molecule has 0 aromatic carbocycles. The molecular weight excluding hydrogens is 250 g/mol. The van der Waals surface area contributed by atoms with Crippen LogP contribution in [0.5, 0.6) is 0 Å². The third-order valence-electron chi connectivity index (χ3n) is 3.22. The number of hydrogen-bond donors (Lipinski definition) is 1. The fourth-order valence-electron chi connectivity index (χ4n) is 2.16. The first kappa shape index (κ1) is 14.2. The second-order valence-electron chi connectivity index (χ2n) is 4.76. The fourth-order valence-corrected chi connectivity index (χ4v) is 2.16. The van der Waals surface area contributed by atoms with Crippen molar-refractivity contribution in [2.75, 3.05) is 24.3 Å². The largest absolute Gasteiger partial charge is 0.373 e. The third kappa shape index (κ3) is 3.04. The predicted molar refractivity (Wildman–Crippen MR) is 82.0 cm³/mol. The van der Waals surface area contributed by atoms with Gasteiger partial charge < -0.3 is 10.2 Å². The number of aromatic nitrogens is 3. The average Bonchev–Trinajstić information content (AvgIpc) is 2.48. The van der Waals surface area contributed by atoms with E-state index in [2.05, 4.69) is 38.2 Å². The molecule has 0 aliphatic heterocycles. The lowest BCUT2D eigenvalue weighted by atomic mass is 10.2. The van der Waals surface area contributed by atoms with Crippen LogP contribution in [0.3, 0.4) is 0 Å². The van der Waals surface area contributed by atoms with Gasteiger partial charge in [-0.2, -0.15) is 0 Å². The third-order valence-corrected chi connectivity index (χ3v) is 3.22. The Hall–Kier alpha value is -2.17. The highest BCUT2D eigenvalue weighted by molar-refractivity contribution is 5.58. The zero-order chi connectivity index (χ0) is 14.5. The van der Waals surface area contributed by atoms with E-state index in [4.69, 9.17) is 0 Å². The van der Waals surface area contributed by atoms with E-state index in [0.717, 1.165) is 41.6 Å². The first-order valence-electron chi connectivity index (χ1n) is 6.81. The molecule has 0 unspecified atom stereocenters. The van der Waals surface area contributed by atoms with E-state index in [1.54, 1.807) is 6.20 Å². The molecule has 0 saturated heterocycles. The molecule has 0 bridgehead atoms. The second-order valence-corrected chi connectivity index (χ2v) is 4.76. The number of rotatable bonds is 5. The quantitative estimate of drug-likeness (QED) is 0.905. The molecule has 0 spiro atoms.